The first-order valence-electron chi connectivity index (χ1n) is 2.93. The fourth-order valence-corrected chi connectivity index (χ4v) is 0.398. The summed E-state index contributed by atoms with van der Waals surface area (Å²) < 4.78 is 0. The van der Waals surface area contributed by atoms with Crippen LogP contribution in [-0.4, -0.2) is 23.3 Å². The maximum atomic E-state index is 8.24. The number of aliphatic hydroxyl groups is 2. The highest BCUT2D eigenvalue weighted by atomic mass is 16.5. The third kappa shape index (κ3) is 6.84. The van der Waals surface area contributed by atoms with Crippen molar-refractivity contribution in [2.24, 2.45) is 5.73 Å². The minimum absolute atomic E-state index is 0.423. The summed E-state index contributed by atoms with van der Waals surface area (Å²) >= 11 is 0. The third-order valence-electron chi connectivity index (χ3n) is 0.827. The zero-order chi connectivity index (χ0) is 7.82. The fraction of sp³-hybridized carbons (Fsp3) is 0.333. The van der Waals surface area contributed by atoms with E-state index in [0.29, 0.717) is 13.1 Å². The van der Waals surface area contributed by atoms with Gasteiger partial charge in [0.25, 0.3) is 5.95 Å². The second-order valence-corrected chi connectivity index (χ2v) is 1.65. The van der Waals surface area contributed by atoms with Gasteiger partial charge in [-0.1, -0.05) is 6.08 Å². The molecule has 0 radical (unpaired) electrons. The lowest BCUT2D eigenvalue weighted by Gasteiger charge is -1.93. The smallest absolute Gasteiger partial charge is 0.271 e. The molecule has 0 aromatic carbocycles. The van der Waals surface area contributed by atoms with Crippen molar-refractivity contribution in [1.82, 2.24) is 5.32 Å². The molecule has 0 saturated heterocycles. The zero-order valence-electron chi connectivity index (χ0n) is 5.62. The lowest BCUT2D eigenvalue weighted by atomic mass is 10.5. The Kier molecular flexibility index (Phi) is 5.28. The van der Waals surface area contributed by atoms with E-state index in [1.165, 1.54) is 12.3 Å². The van der Waals surface area contributed by atoms with E-state index in [2.05, 4.69) is 5.32 Å². The molecule has 0 fully saturated rings. The SMILES string of the molecule is NC=CCNCC=C(O)O. The Labute approximate surface area is 59.7 Å². The zero-order valence-corrected chi connectivity index (χ0v) is 5.62. The third-order valence-corrected chi connectivity index (χ3v) is 0.827. The van der Waals surface area contributed by atoms with Gasteiger partial charge in [-0.2, -0.15) is 0 Å². The van der Waals surface area contributed by atoms with Crippen molar-refractivity contribution in [3.63, 3.8) is 0 Å². The second-order valence-electron chi connectivity index (χ2n) is 1.65. The van der Waals surface area contributed by atoms with Gasteiger partial charge in [-0.3, -0.25) is 0 Å². The van der Waals surface area contributed by atoms with Gasteiger partial charge >= 0.3 is 0 Å². The van der Waals surface area contributed by atoms with Crippen molar-refractivity contribution >= 4 is 0 Å². The van der Waals surface area contributed by atoms with Crippen molar-refractivity contribution in [3.05, 3.63) is 24.3 Å². The fourth-order valence-electron chi connectivity index (χ4n) is 0.398. The van der Waals surface area contributed by atoms with Crippen molar-refractivity contribution in [1.29, 1.82) is 0 Å². The van der Waals surface area contributed by atoms with Crippen LogP contribution in [0.3, 0.4) is 0 Å². The van der Waals surface area contributed by atoms with Crippen molar-refractivity contribution in [2.45, 2.75) is 0 Å². The first kappa shape index (κ1) is 8.84. The molecule has 58 valence electrons. The Hall–Kier alpha value is -1.16. The van der Waals surface area contributed by atoms with E-state index < -0.39 is 5.95 Å². The molecule has 0 spiro atoms. The maximum absolute atomic E-state index is 8.24. The molecule has 0 aromatic rings. The molecular weight excluding hydrogens is 132 g/mol. The summed E-state index contributed by atoms with van der Waals surface area (Å²) in [5, 5.41) is 19.3. The van der Waals surface area contributed by atoms with Crippen LogP contribution in [0.1, 0.15) is 0 Å². The first-order valence-corrected chi connectivity index (χ1v) is 2.93. The Balaban J connectivity index is 3.13. The molecule has 0 aliphatic rings. The van der Waals surface area contributed by atoms with Crippen LogP contribution in [0.25, 0.3) is 0 Å². The Bertz CT molecular complexity index is 128. The van der Waals surface area contributed by atoms with Crippen LogP contribution in [0, 0.1) is 0 Å². The molecule has 0 unspecified atom stereocenters. The first-order chi connectivity index (χ1) is 4.77. The predicted octanol–water partition coefficient (Wildman–Crippen LogP) is 0.00580. The van der Waals surface area contributed by atoms with E-state index in [0.717, 1.165) is 0 Å². The Morgan fingerprint density at radius 3 is 2.60 bits per heavy atom. The molecule has 0 rings (SSSR count). The van der Waals surface area contributed by atoms with Crippen molar-refractivity contribution < 1.29 is 10.2 Å². The van der Waals surface area contributed by atoms with E-state index in [9.17, 15) is 0 Å². The van der Waals surface area contributed by atoms with Crippen molar-refractivity contribution in [3.8, 4) is 0 Å². The largest absolute Gasteiger partial charge is 0.481 e. The summed E-state index contributed by atoms with van der Waals surface area (Å²) in [4.78, 5) is 0. The van der Waals surface area contributed by atoms with Crippen LogP contribution < -0.4 is 11.1 Å². The molecule has 0 bridgehead atoms. The van der Waals surface area contributed by atoms with Gasteiger partial charge in [0.2, 0.25) is 0 Å². The average Bonchev–Trinajstić information content (AvgIpc) is 1.87. The average molecular weight is 144 g/mol. The van der Waals surface area contributed by atoms with Crippen LogP contribution in [0.2, 0.25) is 0 Å². The molecule has 0 heterocycles. The van der Waals surface area contributed by atoms with E-state index in [4.69, 9.17) is 15.9 Å². The highest BCUT2D eigenvalue weighted by Gasteiger charge is 1.81. The number of hydrogen-bond acceptors (Lipinski definition) is 4. The minimum atomic E-state index is -0.663. The van der Waals surface area contributed by atoms with Gasteiger partial charge < -0.3 is 21.3 Å². The van der Waals surface area contributed by atoms with E-state index in [1.54, 1.807) is 6.08 Å². The molecule has 0 amide bonds. The molecule has 0 saturated carbocycles. The minimum Gasteiger partial charge on any atom is -0.481 e. The van der Waals surface area contributed by atoms with Gasteiger partial charge in [0.05, 0.1) is 0 Å². The number of hydrogen-bond donors (Lipinski definition) is 4. The lowest BCUT2D eigenvalue weighted by molar-refractivity contribution is 0.189. The molecular formula is C6H12N2O2. The summed E-state index contributed by atoms with van der Waals surface area (Å²) in [6.45, 7) is 1.05. The second kappa shape index (κ2) is 5.97. The molecule has 0 aromatic heterocycles. The summed E-state index contributed by atoms with van der Waals surface area (Å²) in [5.41, 5.74) is 5.04. The highest BCUT2D eigenvalue weighted by molar-refractivity contribution is 4.84. The molecule has 0 aliphatic heterocycles. The van der Waals surface area contributed by atoms with Crippen LogP contribution in [0.15, 0.2) is 24.3 Å². The molecule has 5 N–H and O–H groups in total. The molecule has 10 heavy (non-hydrogen) atoms. The number of rotatable bonds is 4. The molecule has 4 nitrogen and oxygen atoms in total. The van der Waals surface area contributed by atoms with Crippen molar-refractivity contribution in [2.75, 3.05) is 13.1 Å². The van der Waals surface area contributed by atoms with Crippen LogP contribution in [-0.2, 0) is 0 Å². The Morgan fingerprint density at radius 2 is 2.10 bits per heavy atom. The van der Waals surface area contributed by atoms with E-state index in [-0.39, 0.29) is 0 Å². The van der Waals surface area contributed by atoms with Gasteiger partial charge in [0.15, 0.2) is 0 Å². The topological polar surface area (TPSA) is 78.5 Å². The van der Waals surface area contributed by atoms with Gasteiger partial charge in [-0.05, 0) is 6.20 Å². The monoisotopic (exact) mass is 144 g/mol. The number of nitrogens with two attached hydrogens (primary N) is 1. The van der Waals surface area contributed by atoms with Gasteiger partial charge in [-0.25, -0.2) is 0 Å². The summed E-state index contributed by atoms with van der Waals surface area (Å²) in [6.07, 6.45) is 4.40. The Morgan fingerprint density at radius 1 is 1.40 bits per heavy atom. The summed E-state index contributed by atoms with van der Waals surface area (Å²) in [7, 11) is 0. The molecule has 0 aliphatic carbocycles. The summed E-state index contributed by atoms with van der Waals surface area (Å²) in [5.74, 6) is -0.663. The van der Waals surface area contributed by atoms with E-state index >= 15 is 0 Å². The number of nitrogens with one attached hydrogen (secondary N) is 1. The highest BCUT2D eigenvalue weighted by Crippen LogP contribution is 1.75. The normalized spacial score (nSPS) is 10.0. The van der Waals surface area contributed by atoms with Crippen LogP contribution >= 0.6 is 0 Å². The maximum Gasteiger partial charge on any atom is 0.271 e. The predicted molar refractivity (Wildman–Crippen MR) is 39.5 cm³/mol. The standard InChI is InChI=1S/C6H12N2O2/c7-3-1-4-8-5-2-6(9)10/h1-3,8-10H,4-5,7H2. The molecule has 0 atom stereocenters. The quantitative estimate of drug-likeness (QED) is 0.331. The van der Waals surface area contributed by atoms with Crippen LogP contribution in [0.5, 0.6) is 0 Å². The molecule has 4 heteroatoms. The van der Waals surface area contributed by atoms with Gasteiger partial charge in [0.1, 0.15) is 0 Å². The van der Waals surface area contributed by atoms with Gasteiger partial charge in [-0.15, -0.1) is 0 Å². The number of aliphatic hydroxyl groups excluding tert-OH is 1. The van der Waals surface area contributed by atoms with E-state index in [1.807, 2.05) is 0 Å². The summed E-state index contributed by atoms with van der Waals surface area (Å²) in [6, 6.07) is 0. The van der Waals surface area contributed by atoms with Gasteiger partial charge in [0, 0.05) is 19.2 Å². The van der Waals surface area contributed by atoms with Crippen LogP contribution in [0.4, 0.5) is 0 Å². The lowest BCUT2D eigenvalue weighted by Crippen LogP contribution is -2.13.